The number of nitrogens with two attached hydrogens (primary N) is 1. The van der Waals surface area contributed by atoms with E-state index in [9.17, 15) is 0 Å². The molecule has 0 amide bonds. The highest BCUT2D eigenvalue weighted by molar-refractivity contribution is 6.36. The number of halogens is 2. The van der Waals surface area contributed by atoms with Crippen molar-refractivity contribution in [3.05, 3.63) is 45.7 Å². The quantitative estimate of drug-likeness (QED) is 0.916. The summed E-state index contributed by atoms with van der Waals surface area (Å²) in [4.78, 5) is 0. The van der Waals surface area contributed by atoms with Gasteiger partial charge in [0.2, 0.25) is 0 Å². The molecule has 0 radical (unpaired) electrons. The zero-order valence-corrected chi connectivity index (χ0v) is 12.9. The third kappa shape index (κ3) is 2.77. The molecule has 20 heavy (non-hydrogen) atoms. The fourth-order valence-corrected chi connectivity index (χ4v) is 2.82. The van der Waals surface area contributed by atoms with Gasteiger partial charge in [0.1, 0.15) is 5.69 Å². The van der Waals surface area contributed by atoms with Crippen molar-refractivity contribution < 1.29 is 4.74 Å². The van der Waals surface area contributed by atoms with Gasteiger partial charge in [0.25, 0.3) is 0 Å². The minimum atomic E-state index is -0.486. The SMILES string of the molecule is CCCn1ncc(OC)c1C(N)c1c(Cl)cccc1Cl. The molecule has 0 bridgehead atoms. The first-order valence-electron chi connectivity index (χ1n) is 6.39. The highest BCUT2D eigenvalue weighted by Crippen LogP contribution is 2.36. The average molecular weight is 314 g/mol. The Morgan fingerprint density at radius 1 is 1.35 bits per heavy atom. The number of aryl methyl sites for hydroxylation is 1. The second-order valence-corrected chi connectivity index (χ2v) is 5.25. The van der Waals surface area contributed by atoms with Crippen molar-refractivity contribution in [2.45, 2.75) is 25.9 Å². The van der Waals surface area contributed by atoms with Crippen molar-refractivity contribution in [3.63, 3.8) is 0 Å². The van der Waals surface area contributed by atoms with E-state index < -0.39 is 6.04 Å². The van der Waals surface area contributed by atoms with E-state index >= 15 is 0 Å². The molecule has 2 rings (SSSR count). The van der Waals surface area contributed by atoms with Crippen molar-refractivity contribution in [3.8, 4) is 5.75 Å². The Balaban J connectivity index is 2.52. The molecule has 0 aliphatic rings. The average Bonchev–Trinajstić information content (AvgIpc) is 2.81. The van der Waals surface area contributed by atoms with E-state index in [-0.39, 0.29) is 0 Å². The minimum Gasteiger partial charge on any atom is -0.493 e. The lowest BCUT2D eigenvalue weighted by molar-refractivity contribution is 0.404. The van der Waals surface area contributed by atoms with Crippen LogP contribution in [-0.2, 0) is 6.54 Å². The monoisotopic (exact) mass is 313 g/mol. The summed E-state index contributed by atoms with van der Waals surface area (Å²) >= 11 is 12.5. The third-order valence-electron chi connectivity index (χ3n) is 3.11. The fraction of sp³-hybridized carbons (Fsp3) is 0.357. The van der Waals surface area contributed by atoms with Crippen LogP contribution in [0.3, 0.4) is 0 Å². The van der Waals surface area contributed by atoms with Gasteiger partial charge in [-0.1, -0.05) is 36.2 Å². The summed E-state index contributed by atoms with van der Waals surface area (Å²) in [6.07, 6.45) is 2.61. The van der Waals surface area contributed by atoms with Crippen LogP contribution < -0.4 is 10.5 Å². The van der Waals surface area contributed by atoms with Gasteiger partial charge in [0, 0.05) is 22.2 Å². The van der Waals surface area contributed by atoms with Gasteiger partial charge >= 0.3 is 0 Å². The molecule has 4 nitrogen and oxygen atoms in total. The van der Waals surface area contributed by atoms with E-state index in [0.717, 1.165) is 18.7 Å². The van der Waals surface area contributed by atoms with Crippen molar-refractivity contribution in [2.75, 3.05) is 7.11 Å². The second-order valence-electron chi connectivity index (χ2n) is 4.43. The van der Waals surface area contributed by atoms with Gasteiger partial charge in [-0.25, -0.2) is 0 Å². The number of ether oxygens (including phenoxy) is 1. The van der Waals surface area contributed by atoms with Crippen molar-refractivity contribution in [1.82, 2.24) is 9.78 Å². The smallest absolute Gasteiger partial charge is 0.161 e. The van der Waals surface area contributed by atoms with Gasteiger partial charge in [0.15, 0.2) is 5.75 Å². The van der Waals surface area contributed by atoms with Crippen LogP contribution in [0.4, 0.5) is 0 Å². The first kappa shape index (κ1) is 15.2. The molecule has 0 fully saturated rings. The molecule has 0 aliphatic carbocycles. The van der Waals surface area contributed by atoms with Gasteiger partial charge in [0.05, 0.1) is 19.3 Å². The molecule has 1 unspecified atom stereocenters. The number of rotatable bonds is 5. The van der Waals surface area contributed by atoms with E-state index in [2.05, 4.69) is 12.0 Å². The van der Waals surface area contributed by atoms with Crippen molar-refractivity contribution >= 4 is 23.2 Å². The lowest BCUT2D eigenvalue weighted by Crippen LogP contribution is -2.19. The normalized spacial score (nSPS) is 12.4. The molecule has 0 aliphatic heterocycles. The molecule has 108 valence electrons. The number of hydrogen-bond donors (Lipinski definition) is 1. The molecule has 2 aromatic rings. The Kier molecular flexibility index (Phi) is 4.91. The molecule has 6 heteroatoms. The molecule has 0 saturated carbocycles. The second kappa shape index (κ2) is 6.48. The van der Waals surface area contributed by atoms with Crippen LogP contribution in [0.25, 0.3) is 0 Å². The standard InChI is InChI=1S/C14H17Cl2N3O/c1-3-7-19-14(11(20-2)8-18-19)13(17)12-9(15)5-4-6-10(12)16/h4-6,8,13H,3,7,17H2,1-2H3. The summed E-state index contributed by atoms with van der Waals surface area (Å²) in [7, 11) is 1.59. The maximum absolute atomic E-state index is 6.36. The summed E-state index contributed by atoms with van der Waals surface area (Å²) in [6, 6.07) is 4.85. The molecule has 1 aromatic carbocycles. The van der Waals surface area contributed by atoms with Gasteiger partial charge in [-0.3, -0.25) is 4.68 Å². The summed E-state index contributed by atoms with van der Waals surface area (Å²) in [5.74, 6) is 0.641. The molecular formula is C14H17Cl2N3O. The van der Waals surface area contributed by atoms with Gasteiger partial charge in [-0.2, -0.15) is 5.10 Å². The van der Waals surface area contributed by atoms with Crippen LogP contribution >= 0.6 is 23.2 Å². The highest BCUT2D eigenvalue weighted by atomic mass is 35.5. The van der Waals surface area contributed by atoms with E-state index in [1.807, 2.05) is 4.68 Å². The van der Waals surface area contributed by atoms with Crippen LogP contribution in [-0.4, -0.2) is 16.9 Å². The Morgan fingerprint density at radius 2 is 2.00 bits per heavy atom. The molecule has 0 spiro atoms. The van der Waals surface area contributed by atoms with E-state index in [4.69, 9.17) is 33.7 Å². The van der Waals surface area contributed by atoms with Crippen LogP contribution in [0.15, 0.2) is 24.4 Å². The van der Waals surface area contributed by atoms with E-state index in [0.29, 0.717) is 21.4 Å². The van der Waals surface area contributed by atoms with Crippen LogP contribution in [0.2, 0.25) is 10.0 Å². The first-order valence-corrected chi connectivity index (χ1v) is 7.14. The molecule has 2 N–H and O–H groups in total. The highest BCUT2D eigenvalue weighted by Gasteiger charge is 2.23. The topological polar surface area (TPSA) is 53.1 Å². The van der Waals surface area contributed by atoms with Gasteiger partial charge in [-0.15, -0.1) is 0 Å². The molecular weight excluding hydrogens is 297 g/mol. The number of methoxy groups -OCH3 is 1. The Hall–Kier alpha value is -1.23. The largest absolute Gasteiger partial charge is 0.493 e. The third-order valence-corrected chi connectivity index (χ3v) is 3.76. The minimum absolute atomic E-state index is 0.486. The fourth-order valence-electron chi connectivity index (χ4n) is 2.18. The molecule has 1 heterocycles. The predicted octanol–water partition coefficient (Wildman–Crippen LogP) is 3.66. The summed E-state index contributed by atoms with van der Waals surface area (Å²) in [5.41, 5.74) is 7.83. The predicted molar refractivity (Wildman–Crippen MR) is 81.6 cm³/mol. The zero-order chi connectivity index (χ0) is 14.7. The van der Waals surface area contributed by atoms with Gasteiger partial charge in [-0.05, 0) is 18.6 Å². The summed E-state index contributed by atoms with van der Waals surface area (Å²) in [5, 5.41) is 5.38. The zero-order valence-electron chi connectivity index (χ0n) is 11.4. The molecule has 1 aromatic heterocycles. The summed E-state index contributed by atoms with van der Waals surface area (Å²) < 4.78 is 7.18. The van der Waals surface area contributed by atoms with Crippen molar-refractivity contribution in [1.29, 1.82) is 0 Å². The Labute approximate surface area is 128 Å². The number of hydrogen-bond acceptors (Lipinski definition) is 3. The van der Waals surface area contributed by atoms with Crippen LogP contribution in [0.5, 0.6) is 5.75 Å². The Morgan fingerprint density at radius 3 is 2.55 bits per heavy atom. The Bertz CT molecular complexity index is 578. The maximum atomic E-state index is 6.36. The number of nitrogens with zero attached hydrogens (tertiary/aromatic N) is 2. The van der Waals surface area contributed by atoms with E-state index in [1.54, 1.807) is 31.5 Å². The number of benzene rings is 1. The van der Waals surface area contributed by atoms with Crippen LogP contribution in [0, 0.1) is 0 Å². The van der Waals surface area contributed by atoms with Gasteiger partial charge < -0.3 is 10.5 Å². The maximum Gasteiger partial charge on any atom is 0.161 e. The summed E-state index contributed by atoms with van der Waals surface area (Å²) in [6.45, 7) is 2.83. The molecule has 1 atom stereocenters. The van der Waals surface area contributed by atoms with Crippen LogP contribution in [0.1, 0.15) is 30.6 Å². The van der Waals surface area contributed by atoms with E-state index in [1.165, 1.54) is 0 Å². The molecule has 0 saturated heterocycles. The lowest BCUT2D eigenvalue weighted by Gasteiger charge is -2.18. The lowest BCUT2D eigenvalue weighted by atomic mass is 10.0. The first-order chi connectivity index (χ1) is 9.60. The van der Waals surface area contributed by atoms with Crippen molar-refractivity contribution in [2.24, 2.45) is 5.73 Å². The number of aromatic nitrogens is 2.